The number of hydrogen-bond acceptors (Lipinski definition) is 4. The summed E-state index contributed by atoms with van der Waals surface area (Å²) in [4.78, 5) is 16.3. The number of para-hydroxylation sites is 1. The fourth-order valence-corrected chi connectivity index (χ4v) is 2.92. The van der Waals surface area contributed by atoms with Crippen LogP contribution in [-0.4, -0.2) is 16.6 Å². The van der Waals surface area contributed by atoms with E-state index in [4.69, 9.17) is 4.74 Å². The van der Waals surface area contributed by atoms with Gasteiger partial charge >= 0.3 is 0 Å². The summed E-state index contributed by atoms with van der Waals surface area (Å²) in [6.45, 7) is 0. The minimum absolute atomic E-state index is 0.142. The zero-order valence-corrected chi connectivity index (χ0v) is 14.0. The van der Waals surface area contributed by atoms with Crippen LogP contribution in [0.25, 0.3) is 0 Å². The normalized spacial score (nSPS) is 17.2. The van der Waals surface area contributed by atoms with Crippen molar-refractivity contribution >= 4 is 11.6 Å². The van der Waals surface area contributed by atoms with Gasteiger partial charge < -0.3 is 4.74 Å². The number of pyridine rings is 1. The number of amides is 1. The Balaban J connectivity index is 1.62. The van der Waals surface area contributed by atoms with Crippen molar-refractivity contribution in [3.8, 4) is 5.75 Å². The van der Waals surface area contributed by atoms with E-state index in [2.05, 4.69) is 15.5 Å². The molecule has 0 spiro atoms. The van der Waals surface area contributed by atoms with E-state index in [1.165, 1.54) is 0 Å². The molecule has 2 aromatic carbocycles. The molecule has 1 atom stereocenters. The minimum atomic E-state index is -0.335. The molecule has 5 heteroatoms. The molecule has 1 aliphatic rings. The number of nitrogens with zero attached hydrogens (tertiary/aromatic N) is 2. The van der Waals surface area contributed by atoms with E-state index in [9.17, 15) is 4.79 Å². The Hall–Kier alpha value is -3.47. The number of carbonyl (C=O) groups is 1. The zero-order chi connectivity index (χ0) is 17.8. The molecule has 5 nitrogen and oxygen atoms in total. The summed E-state index contributed by atoms with van der Waals surface area (Å²) < 4.78 is 6.13. The summed E-state index contributed by atoms with van der Waals surface area (Å²) in [5.74, 6) is 0.428. The van der Waals surface area contributed by atoms with Crippen molar-refractivity contribution in [3.63, 3.8) is 0 Å². The van der Waals surface area contributed by atoms with Gasteiger partial charge in [-0.05, 0) is 29.8 Å². The predicted octanol–water partition coefficient (Wildman–Crippen LogP) is 3.74. The summed E-state index contributed by atoms with van der Waals surface area (Å²) >= 11 is 0. The molecule has 0 aliphatic carbocycles. The maximum Gasteiger partial charge on any atom is 0.289 e. The van der Waals surface area contributed by atoms with Crippen LogP contribution in [0.15, 0.2) is 84.1 Å². The Labute approximate surface area is 151 Å². The van der Waals surface area contributed by atoms with Crippen molar-refractivity contribution < 1.29 is 9.53 Å². The molecule has 1 N–H and O–H groups in total. The molecular weight excluding hydrogens is 326 g/mol. The van der Waals surface area contributed by atoms with Gasteiger partial charge in [-0.3, -0.25) is 9.78 Å². The Morgan fingerprint density at radius 1 is 1.00 bits per heavy atom. The second-order valence-electron chi connectivity index (χ2n) is 5.93. The van der Waals surface area contributed by atoms with E-state index in [0.717, 1.165) is 22.6 Å². The lowest BCUT2D eigenvalue weighted by molar-refractivity contribution is 0.0949. The van der Waals surface area contributed by atoms with Gasteiger partial charge in [0.2, 0.25) is 0 Å². The number of aromatic nitrogens is 1. The number of ether oxygens (including phenoxy) is 1. The highest BCUT2D eigenvalue weighted by molar-refractivity contribution is 6.05. The molecule has 3 aromatic rings. The molecule has 1 aromatic heterocycles. The summed E-state index contributed by atoms with van der Waals surface area (Å²) in [6, 6.07) is 22.9. The third kappa shape index (κ3) is 3.32. The van der Waals surface area contributed by atoms with E-state index in [1.54, 1.807) is 24.4 Å². The molecule has 1 unspecified atom stereocenters. The van der Waals surface area contributed by atoms with Crippen LogP contribution in [0, 0.1) is 0 Å². The van der Waals surface area contributed by atoms with Crippen LogP contribution in [0.2, 0.25) is 0 Å². The molecule has 0 saturated heterocycles. The molecular formula is C21H17N3O2. The quantitative estimate of drug-likeness (QED) is 0.737. The summed E-state index contributed by atoms with van der Waals surface area (Å²) in [7, 11) is 0. The molecule has 1 aliphatic heterocycles. The number of hydrogen-bond donors (Lipinski definition) is 1. The predicted molar refractivity (Wildman–Crippen MR) is 99.1 cm³/mol. The maximum absolute atomic E-state index is 12.2. The first-order valence-corrected chi connectivity index (χ1v) is 8.40. The Morgan fingerprint density at radius 2 is 1.77 bits per heavy atom. The lowest BCUT2D eigenvalue weighted by Crippen LogP contribution is -2.25. The summed E-state index contributed by atoms with van der Waals surface area (Å²) in [5.41, 5.74) is 5.69. The van der Waals surface area contributed by atoms with Gasteiger partial charge in [0.05, 0.1) is 5.71 Å². The molecule has 4 rings (SSSR count). The van der Waals surface area contributed by atoms with Gasteiger partial charge in [0.1, 0.15) is 17.5 Å². The lowest BCUT2D eigenvalue weighted by atomic mass is 9.96. The highest BCUT2D eigenvalue weighted by Crippen LogP contribution is 2.34. The van der Waals surface area contributed by atoms with E-state index < -0.39 is 0 Å². The van der Waals surface area contributed by atoms with Crippen LogP contribution in [0.3, 0.4) is 0 Å². The first-order valence-electron chi connectivity index (χ1n) is 8.40. The van der Waals surface area contributed by atoms with Crippen molar-refractivity contribution in [2.24, 2.45) is 5.10 Å². The number of hydrazone groups is 1. The summed E-state index contributed by atoms with van der Waals surface area (Å²) in [5, 5.41) is 4.37. The van der Waals surface area contributed by atoms with Crippen LogP contribution < -0.4 is 10.2 Å². The summed E-state index contributed by atoms with van der Waals surface area (Å²) in [6.07, 6.45) is 2.01. The Bertz CT molecular complexity index is 940. The average molecular weight is 343 g/mol. The van der Waals surface area contributed by atoms with E-state index >= 15 is 0 Å². The van der Waals surface area contributed by atoms with E-state index in [0.29, 0.717) is 12.1 Å². The number of nitrogens with one attached hydrogen (secondary N) is 1. The smallest absolute Gasteiger partial charge is 0.289 e. The van der Waals surface area contributed by atoms with Gasteiger partial charge in [0.25, 0.3) is 5.91 Å². The SMILES string of the molecule is O=C(NN=C1CC(c2ccccc2)Oc2ccccc21)c1ccccn1. The van der Waals surface area contributed by atoms with Crippen molar-refractivity contribution in [2.75, 3.05) is 0 Å². The minimum Gasteiger partial charge on any atom is -0.485 e. The van der Waals surface area contributed by atoms with Gasteiger partial charge in [0.15, 0.2) is 0 Å². The monoisotopic (exact) mass is 343 g/mol. The van der Waals surface area contributed by atoms with E-state index in [1.807, 2.05) is 54.6 Å². The van der Waals surface area contributed by atoms with E-state index in [-0.39, 0.29) is 12.0 Å². The van der Waals surface area contributed by atoms with Gasteiger partial charge in [-0.15, -0.1) is 0 Å². The number of carbonyl (C=O) groups excluding carboxylic acids is 1. The highest BCUT2D eigenvalue weighted by atomic mass is 16.5. The first-order chi connectivity index (χ1) is 12.8. The second kappa shape index (κ2) is 7.19. The highest BCUT2D eigenvalue weighted by Gasteiger charge is 2.26. The molecule has 26 heavy (non-hydrogen) atoms. The van der Waals surface area contributed by atoms with Crippen LogP contribution in [-0.2, 0) is 0 Å². The van der Waals surface area contributed by atoms with Crippen molar-refractivity contribution in [1.29, 1.82) is 0 Å². The van der Waals surface area contributed by atoms with Crippen LogP contribution in [0.1, 0.15) is 34.1 Å². The third-order valence-corrected chi connectivity index (χ3v) is 4.21. The van der Waals surface area contributed by atoms with Crippen LogP contribution >= 0.6 is 0 Å². The van der Waals surface area contributed by atoms with Gasteiger partial charge in [-0.1, -0.05) is 48.5 Å². The fourth-order valence-electron chi connectivity index (χ4n) is 2.92. The Kier molecular flexibility index (Phi) is 4.43. The van der Waals surface area contributed by atoms with Crippen LogP contribution in [0.4, 0.5) is 0 Å². The molecule has 2 heterocycles. The Morgan fingerprint density at radius 3 is 2.58 bits per heavy atom. The first kappa shape index (κ1) is 16.0. The third-order valence-electron chi connectivity index (χ3n) is 4.21. The second-order valence-corrected chi connectivity index (χ2v) is 5.93. The molecule has 0 radical (unpaired) electrons. The molecule has 128 valence electrons. The molecule has 1 amide bonds. The van der Waals surface area contributed by atoms with Crippen molar-refractivity contribution in [1.82, 2.24) is 10.4 Å². The fraction of sp³-hybridized carbons (Fsp3) is 0.0952. The zero-order valence-electron chi connectivity index (χ0n) is 14.0. The van der Waals surface area contributed by atoms with Gasteiger partial charge in [-0.25, -0.2) is 5.43 Å². The number of benzene rings is 2. The van der Waals surface area contributed by atoms with Crippen molar-refractivity contribution in [2.45, 2.75) is 12.5 Å². The standard InChI is InChI=1S/C21H17N3O2/c25-21(17-11-6-7-13-22-17)24-23-18-14-20(15-8-2-1-3-9-15)26-19-12-5-4-10-16(18)19/h1-13,20H,14H2,(H,24,25). The van der Waals surface area contributed by atoms with Gasteiger partial charge in [0, 0.05) is 18.2 Å². The average Bonchev–Trinajstić information content (AvgIpc) is 2.73. The molecule has 0 fully saturated rings. The number of rotatable bonds is 3. The van der Waals surface area contributed by atoms with Crippen molar-refractivity contribution in [3.05, 3.63) is 95.8 Å². The van der Waals surface area contributed by atoms with Gasteiger partial charge in [-0.2, -0.15) is 5.10 Å². The molecule has 0 bridgehead atoms. The largest absolute Gasteiger partial charge is 0.485 e. The van der Waals surface area contributed by atoms with Crippen LogP contribution in [0.5, 0.6) is 5.75 Å². The molecule has 0 saturated carbocycles. The number of fused-ring (bicyclic) bond motifs is 1. The lowest BCUT2D eigenvalue weighted by Gasteiger charge is -2.27. The maximum atomic E-state index is 12.2. The topological polar surface area (TPSA) is 63.6 Å².